The van der Waals surface area contributed by atoms with Gasteiger partial charge in [-0.3, -0.25) is 0 Å². The Kier molecular flexibility index (Phi) is 3.42. The van der Waals surface area contributed by atoms with E-state index in [4.69, 9.17) is 9.31 Å². The van der Waals surface area contributed by atoms with Crippen molar-refractivity contribution in [2.45, 2.75) is 52.7 Å². The Bertz CT molecular complexity index is 693. The largest absolute Gasteiger partial charge is 0.496 e. The van der Waals surface area contributed by atoms with Crippen molar-refractivity contribution in [2.75, 3.05) is 0 Å². The summed E-state index contributed by atoms with van der Waals surface area (Å²) in [5.41, 5.74) is 2.46. The van der Waals surface area contributed by atoms with Crippen LogP contribution in [0.15, 0.2) is 24.7 Å². The molecule has 0 atom stereocenters. The first-order valence-corrected chi connectivity index (χ1v) is 7.53. The third-order valence-electron chi connectivity index (χ3n) is 4.59. The normalized spacial score (nSPS) is 19.6. The van der Waals surface area contributed by atoms with E-state index < -0.39 is 0 Å². The zero-order valence-electron chi connectivity index (χ0n) is 14.0. The maximum absolute atomic E-state index is 6.10. The molecule has 0 aromatic carbocycles. The van der Waals surface area contributed by atoms with Crippen LogP contribution in [0, 0.1) is 13.8 Å². The summed E-state index contributed by atoms with van der Waals surface area (Å²) < 4.78 is 14.0. The zero-order chi connectivity index (χ0) is 16.1. The molecular weight excluding hydrogens is 277 g/mol. The van der Waals surface area contributed by atoms with E-state index in [9.17, 15) is 0 Å². The van der Waals surface area contributed by atoms with Crippen LogP contribution >= 0.6 is 0 Å². The summed E-state index contributed by atoms with van der Waals surface area (Å²) in [6, 6.07) is 2.01. The third-order valence-corrected chi connectivity index (χ3v) is 4.59. The summed E-state index contributed by atoms with van der Waals surface area (Å²) in [5, 5.41) is 4.29. The first-order valence-electron chi connectivity index (χ1n) is 7.53. The maximum Gasteiger partial charge on any atom is 0.496 e. The third kappa shape index (κ3) is 2.46. The highest BCUT2D eigenvalue weighted by atomic mass is 16.7. The fraction of sp³-hybridized carbons (Fsp3) is 0.500. The van der Waals surface area contributed by atoms with Gasteiger partial charge < -0.3 is 9.31 Å². The Morgan fingerprint density at radius 3 is 2.18 bits per heavy atom. The number of rotatable bonds is 2. The van der Waals surface area contributed by atoms with E-state index >= 15 is 0 Å². The molecule has 1 aliphatic rings. The molecule has 0 N–H and O–H groups in total. The van der Waals surface area contributed by atoms with Crippen LogP contribution in [0.25, 0.3) is 5.82 Å². The SMILES string of the molecule is Cc1cnn(-c2cc(C)c(B3OC(C)(C)C(C)(C)O3)cn2)c1. The molecule has 0 bridgehead atoms. The fourth-order valence-corrected chi connectivity index (χ4v) is 2.43. The average Bonchev–Trinajstić information content (AvgIpc) is 2.91. The summed E-state index contributed by atoms with van der Waals surface area (Å²) in [6.07, 6.45) is 5.60. The van der Waals surface area contributed by atoms with Gasteiger partial charge in [0.2, 0.25) is 0 Å². The average molecular weight is 299 g/mol. The number of hydrogen-bond donors (Lipinski definition) is 0. The lowest BCUT2D eigenvalue weighted by Gasteiger charge is -2.32. The zero-order valence-corrected chi connectivity index (χ0v) is 14.0. The Balaban J connectivity index is 1.91. The van der Waals surface area contributed by atoms with Crippen LogP contribution in [-0.2, 0) is 9.31 Å². The van der Waals surface area contributed by atoms with Gasteiger partial charge in [-0.1, -0.05) is 0 Å². The van der Waals surface area contributed by atoms with Crippen molar-refractivity contribution in [3.8, 4) is 5.82 Å². The molecule has 0 saturated carbocycles. The molecule has 0 spiro atoms. The second-order valence-corrected chi connectivity index (χ2v) is 6.95. The molecule has 2 aromatic heterocycles. The Labute approximate surface area is 131 Å². The van der Waals surface area contributed by atoms with Crippen LogP contribution < -0.4 is 5.46 Å². The highest BCUT2D eigenvalue weighted by molar-refractivity contribution is 6.62. The maximum atomic E-state index is 6.10. The molecule has 6 heteroatoms. The lowest BCUT2D eigenvalue weighted by Crippen LogP contribution is -2.41. The van der Waals surface area contributed by atoms with Crippen LogP contribution in [0.1, 0.15) is 38.8 Å². The standard InChI is InChI=1S/C16H22BN3O2/c1-11-8-19-20(10-11)14-7-12(2)13(9-18-14)17-21-15(3,4)16(5,6)22-17/h7-10H,1-6H3. The summed E-state index contributed by atoms with van der Waals surface area (Å²) >= 11 is 0. The lowest BCUT2D eigenvalue weighted by molar-refractivity contribution is 0.00578. The molecule has 3 rings (SSSR count). The van der Waals surface area contributed by atoms with Crippen molar-refractivity contribution in [1.82, 2.24) is 14.8 Å². The topological polar surface area (TPSA) is 49.2 Å². The molecule has 0 radical (unpaired) electrons. The molecule has 0 amide bonds. The molecule has 2 aromatic rings. The van der Waals surface area contributed by atoms with Gasteiger partial charge >= 0.3 is 7.12 Å². The molecule has 0 unspecified atom stereocenters. The van der Waals surface area contributed by atoms with Gasteiger partial charge in [-0.05, 0) is 58.7 Å². The molecular formula is C16H22BN3O2. The smallest absolute Gasteiger partial charge is 0.399 e. The minimum absolute atomic E-state index is 0.345. The van der Waals surface area contributed by atoms with Gasteiger partial charge in [0, 0.05) is 17.9 Å². The summed E-state index contributed by atoms with van der Waals surface area (Å²) in [4.78, 5) is 4.50. The monoisotopic (exact) mass is 299 g/mol. The minimum atomic E-state index is -0.383. The van der Waals surface area contributed by atoms with Crippen LogP contribution in [0.4, 0.5) is 0 Å². The van der Waals surface area contributed by atoms with Crippen LogP contribution in [0.3, 0.4) is 0 Å². The van der Waals surface area contributed by atoms with Crippen molar-refractivity contribution in [3.05, 3.63) is 35.8 Å². The first-order chi connectivity index (χ1) is 10.2. The second kappa shape index (κ2) is 4.93. The van der Waals surface area contributed by atoms with Crippen LogP contribution in [0.2, 0.25) is 0 Å². The highest BCUT2D eigenvalue weighted by Crippen LogP contribution is 2.36. The van der Waals surface area contributed by atoms with Crippen molar-refractivity contribution in [3.63, 3.8) is 0 Å². The summed E-state index contributed by atoms with van der Waals surface area (Å²) in [6.45, 7) is 12.3. The van der Waals surface area contributed by atoms with Crippen LogP contribution in [0.5, 0.6) is 0 Å². The number of nitrogens with zero attached hydrogens (tertiary/aromatic N) is 3. The van der Waals surface area contributed by atoms with Gasteiger partial charge in [-0.2, -0.15) is 5.10 Å². The van der Waals surface area contributed by atoms with E-state index in [2.05, 4.69) is 37.8 Å². The van der Waals surface area contributed by atoms with E-state index in [1.54, 1.807) is 4.68 Å². The lowest BCUT2D eigenvalue weighted by atomic mass is 9.77. The van der Waals surface area contributed by atoms with Crippen molar-refractivity contribution in [1.29, 1.82) is 0 Å². The van der Waals surface area contributed by atoms with Gasteiger partial charge in [0.05, 0.1) is 17.4 Å². The molecule has 22 heavy (non-hydrogen) atoms. The first kappa shape index (κ1) is 15.2. The summed E-state index contributed by atoms with van der Waals surface area (Å²) in [7, 11) is -0.383. The van der Waals surface area contributed by atoms with E-state index in [1.165, 1.54) is 0 Å². The van der Waals surface area contributed by atoms with Gasteiger partial charge in [-0.25, -0.2) is 9.67 Å². The second-order valence-electron chi connectivity index (χ2n) is 6.95. The molecule has 3 heterocycles. The van der Waals surface area contributed by atoms with Crippen molar-refractivity contribution >= 4 is 12.6 Å². The number of aryl methyl sites for hydroxylation is 2. The summed E-state index contributed by atoms with van der Waals surface area (Å²) in [5.74, 6) is 0.797. The van der Waals surface area contributed by atoms with Crippen molar-refractivity contribution < 1.29 is 9.31 Å². The molecule has 5 nitrogen and oxygen atoms in total. The Hall–Kier alpha value is -1.66. The molecule has 1 aliphatic heterocycles. The molecule has 1 saturated heterocycles. The Morgan fingerprint density at radius 1 is 1.05 bits per heavy atom. The number of aromatic nitrogens is 3. The fourth-order valence-electron chi connectivity index (χ4n) is 2.43. The highest BCUT2D eigenvalue weighted by Gasteiger charge is 2.52. The Morgan fingerprint density at radius 2 is 1.68 bits per heavy atom. The van der Waals surface area contributed by atoms with Gasteiger partial charge in [0.1, 0.15) is 0 Å². The van der Waals surface area contributed by atoms with Crippen LogP contribution in [-0.4, -0.2) is 33.1 Å². The predicted molar refractivity (Wildman–Crippen MR) is 86.5 cm³/mol. The van der Waals surface area contributed by atoms with Gasteiger partial charge in [-0.15, -0.1) is 0 Å². The van der Waals surface area contributed by atoms with Gasteiger partial charge in [0.15, 0.2) is 5.82 Å². The molecule has 0 aliphatic carbocycles. The van der Waals surface area contributed by atoms with Gasteiger partial charge in [0.25, 0.3) is 0 Å². The predicted octanol–water partition coefficient (Wildman–Crippen LogP) is 2.18. The van der Waals surface area contributed by atoms with E-state index in [1.807, 2.05) is 38.5 Å². The number of pyridine rings is 1. The molecule has 116 valence electrons. The van der Waals surface area contributed by atoms with E-state index in [-0.39, 0.29) is 18.3 Å². The molecule has 1 fully saturated rings. The van der Waals surface area contributed by atoms with Crippen molar-refractivity contribution in [2.24, 2.45) is 0 Å². The quantitative estimate of drug-likeness (QED) is 0.798. The van der Waals surface area contributed by atoms with E-state index in [0.717, 1.165) is 22.4 Å². The van der Waals surface area contributed by atoms with E-state index in [0.29, 0.717) is 0 Å². The minimum Gasteiger partial charge on any atom is -0.399 e. The number of hydrogen-bond acceptors (Lipinski definition) is 4.